The maximum atomic E-state index is 11.4. The van der Waals surface area contributed by atoms with Crippen LogP contribution in [0.5, 0.6) is 0 Å². The number of ether oxygens (including phenoxy) is 2. The predicted molar refractivity (Wildman–Crippen MR) is 83.1 cm³/mol. The number of methoxy groups -OCH3 is 1. The summed E-state index contributed by atoms with van der Waals surface area (Å²) in [5, 5.41) is 4.82. The molecule has 2 heterocycles. The molecule has 3 rings (SSSR count). The second-order valence-corrected chi connectivity index (χ2v) is 5.67. The Bertz CT molecular complexity index is 674. The van der Waals surface area contributed by atoms with Crippen LogP contribution in [0, 0.1) is 0 Å². The van der Waals surface area contributed by atoms with Crippen LogP contribution in [0.15, 0.2) is 30.6 Å². The molecule has 0 bridgehead atoms. The van der Waals surface area contributed by atoms with Crippen molar-refractivity contribution in [3.8, 4) is 0 Å². The molecule has 0 N–H and O–H groups in total. The van der Waals surface area contributed by atoms with Crippen molar-refractivity contribution in [2.75, 3.05) is 26.8 Å². The fraction of sp³-hybridized carbons (Fsp3) is 0.400. The van der Waals surface area contributed by atoms with Gasteiger partial charge in [-0.1, -0.05) is 23.7 Å². The van der Waals surface area contributed by atoms with Crippen molar-refractivity contribution in [3.05, 3.63) is 47.0 Å². The van der Waals surface area contributed by atoms with Crippen molar-refractivity contribution in [3.63, 3.8) is 0 Å². The van der Waals surface area contributed by atoms with E-state index in [2.05, 4.69) is 19.7 Å². The molecule has 1 saturated heterocycles. The number of hydrogen-bond acceptors (Lipinski definition) is 6. The van der Waals surface area contributed by atoms with Crippen LogP contribution < -0.4 is 0 Å². The summed E-state index contributed by atoms with van der Waals surface area (Å²) in [6.07, 6.45) is 1.52. The highest BCUT2D eigenvalue weighted by Gasteiger charge is 2.22. The van der Waals surface area contributed by atoms with E-state index in [1.807, 2.05) is 24.3 Å². The molecule has 0 amide bonds. The Kier molecular flexibility index (Phi) is 4.90. The minimum atomic E-state index is -0.537. The predicted octanol–water partition coefficient (Wildman–Crippen LogP) is 1.75. The van der Waals surface area contributed by atoms with Crippen LogP contribution in [0.4, 0.5) is 0 Å². The first kappa shape index (κ1) is 15.9. The van der Waals surface area contributed by atoms with Gasteiger partial charge in [0.05, 0.1) is 26.5 Å². The molecule has 122 valence electrons. The lowest BCUT2D eigenvalue weighted by Gasteiger charge is -2.32. The largest absolute Gasteiger partial charge is 0.463 e. The number of carbonyl (C=O) groups is 1. The minimum Gasteiger partial charge on any atom is -0.463 e. The Hall–Kier alpha value is -1.96. The normalized spacial score (nSPS) is 18.8. The average Bonchev–Trinajstić information content (AvgIpc) is 3.03. The second kappa shape index (κ2) is 7.08. The molecule has 2 aromatic rings. The molecule has 1 fully saturated rings. The van der Waals surface area contributed by atoms with E-state index in [4.69, 9.17) is 16.3 Å². The highest BCUT2D eigenvalue weighted by atomic mass is 35.5. The van der Waals surface area contributed by atoms with Crippen LogP contribution in [-0.2, 0) is 16.1 Å². The van der Waals surface area contributed by atoms with Gasteiger partial charge in [-0.15, -0.1) is 5.10 Å². The number of rotatable bonds is 4. The summed E-state index contributed by atoms with van der Waals surface area (Å²) in [5.74, 6) is -0.472. The first-order valence-corrected chi connectivity index (χ1v) is 7.60. The molecule has 1 aromatic heterocycles. The Morgan fingerprint density at radius 3 is 2.96 bits per heavy atom. The molecule has 1 atom stereocenters. The van der Waals surface area contributed by atoms with Gasteiger partial charge in [0, 0.05) is 18.1 Å². The second-order valence-electron chi connectivity index (χ2n) is 5.23. The van der Waals surface area contributed by atoms with Crippen LogP contribution in [0.3, 0.4) is 0 Å². The van der Waals surface area contributed by atoms with Gasteiger partial charge in [0.2, 0.25) is 0 Å². The van der Waals surface area contributed by atoms with Crippen LogP contribution in [0.2, 0.25) is 5.02 Å². The molecule has 0 radical (unpaired) electrons. The van der Waals surface area contributed by atoms with Crippen LogP contribution in [0.1, 0.15) is 22.3 Å². The fourth-order valence-electron chi connectivity index (χ4n) is 2.46. The molecule has 0 spiro atoms. The zero-order chi connectivity index (χ0) is 16.2. The number of halogens is 1. The van der Waals surface area contributed by atoms with Crippen molar-refractivity contribution in [1.29, 1.82) is 0 Å². The molecule has 8 heteroatoms. The maximum absolute atomic E-state index is 11.4. The van der Waals surface area contributed by atoms with Crippen LogP contribution >= 0.6 is 11.6 Å². The summed E-state index contributed by atoms with van der Waals surface area (Å²) in [7, 11) is 1.31. The average molecular weight is 337 g/mol. The van der Waals surface area contributed by atoms with Crippen molar-refractivity contribution < 1.29 is 14.3 Å². The van der Waals surface area contributed by atoms with Gasteiger partial charge >= 0.3 is 5.97 Å². The Balaban J connectivity index is 1.63. The van der Waals surface area contributed by atoms with Gasteiger partial charge in [0.1, 0.15) is 6.33 Å². The first-order chi connectivity index (χ1) is 11.2. The van der Waals surface area contributed by atoms with E-state index >= 15 is 0 Å². The Morgan fingerprint density at radius 2 is 2.22 bits per heavy atom. The van der Waals surface area contributed by atoms with Crippen molar-refractivity contribution >= 4 is 17.6 Å². The lowest BCUT2D eigenvalue weighted by molar-refractivity contribution is -0.0417. The quantitative estimate of drug-likeness (QED) is 0.792. The molecular weight excluding hydrogens is 320 g/mol. The lowest BCUT2D eigenvalue weighted by Crippen LogP contribution is -2.39. The number of morpholine rings is 1. The molecule has 1 aliphatic heterocycles. The lowest BCUT2D eigenvalue weighted by atomic mass is 10.1. The van der Waals surface area contributed by atoms with Gasteiger partial charge in [0.15, 0.2) is 0 Å². The van der Waals surface area contributed by atoms with Gasteiger partial charge in [-0.2, -0.15) is 0 Å². The molecule has 23 heavy (non-hydrogen) atoms. The van der Waals surface area contributed by atoms with Crippen molar-refractivity contribution in [2.45, 2.75) is 12.8 Å². The van der Waals surface area contributed by atoms with Gasteiger partial charge in [-0.25, -0.2) is 14.5 Å². The van der Waals surface area contributed by atoms with Gasteiger partial charge in [0.25, 0.3) is 5.82 Å². The van der Waals surface area contributed by atoms with E-state index in [0.29, 0.717) is 18.3 Å². The van der Waals surface area contributed by atoms with E-state index < -0.39 is 5.97 Å². The van der Waals surface area contributed by atoms with E-state index in [9.17, 15) is 4.79 Å². The number of hydrogen-bond donors (Lipinski definition) is 0. The summed E-state index contributed by atoms with van der Waals surface area (Å²) in [6.45, 7) is 2.69. The third-order valence-corrected chi connectivity index (χ3v) is 3.89. The fourth-order valence-corrected chi connectivity index (χ4v) is 2.59. The number of nitrogens with zero attached hydrogens (tertiary/aromatic N) is 4. The van der Waals surface area contributed by atoms with E-state index in [1.54, 1.807) is 4.68 Å². The van der Waals surface area contributed by atoms with Gasteiger partial charge < -0.3 is 9.47 Å². The smallest absolute Gasteiger partial charge is 0.377 e. The summed E-state index contributed by atoms with van der Waals surface area (Å²) in [6, 6.07) is 7.67. The first-order valence-electron chi connectivity index (χ1n) is 7.23. The Labute approximate surface area is 138 Å². The third-order valence-electron chi connectivity index (χ3n) is 3.64. The van der Waals surface area contributed by atoms with E-state index in [1.165, 1.54) is 13.4 Å². The summed E-state index contributed by atoms with van der Waals surface area (Å²) >= 11 is 5.92. The maximum Gasteiger partial charge on any atom is 0.377 e. The van der Waals surface area contributed by atoms with Crippen molar-refractivity contribution in [2.24, 2.45) is 0 Å². The number of carbonyl (C=O) groups excluding carboxylic acids is 1. The van der Waals surface area contributed by atoms with Gasteiger partial charge in [-0.3, -0.25) is 4.90 Å². The molecule has 1 unspecified atom stereocenters. The van der Waals surface area contributed by atoms with E-state index in [0.717, 1.165) is 18.7 Å². The number of aromatic nitrogens is 3. The number of esters is 1. The highest BCUT2D eigenvalue weighted by Crippen LogP contribution is 2.23. The standard InChI is InChI=1S/C15H17ClN4O3/c1-22-15(21)14-17-9-20(18-14)10-19-6-7-23-13(8-19)11-2-4-12(16)5-3-11/h2-5,9,13H,6-8,10H2,1H3. The van der Waals surface area contributed by atoms with Gasteiger partial charge in [-0.05, 0) is 17.7 Å². The van der Waals surface area contributed by atoms with Crippen molar-refractivity contribution in [1.82, 2.24) is 19.7 Å². The Morgan fingerprint density at radius 1 is 1.43 bits per heavy atom. The van der Waals surface area contributed by atoms with Crippen LogP contribution in [-0.4, -0.2) is 52.4 Å². The molecule has 1 aliphatic rings. The molecular formula is C15H17ClN4O3. The van der Waals surface area contributed by atoms with E-state index in [-0.39, 0.29) is 11.9 Å². The molecule has 0 aliphatic carbocycles. The zero-order valence-electron chi connectivity index (χ0n) is 12.7. The summed E-state index contributed by atoms with van der Waals surface area (Å²) < 4.78 is 12.1. The third kappa shape index (κ3) is 3.87. The topological polar surface area (TPSA) is 69.5 Å². The molecule has 1 aromatic carbocycles. The highest BCUT2D eigenvalue weighted by molar-refractivity contribution is 6.30. The zero-order valence-corrected chi connectivity index (χ0v) is 13.4. The summed E-state index contributed by atoms with van der Waals surface area (Å²) in [5.41, 5.74) is 1.09. The molecule has 7 nitrogen and oxygen atoms in total. The monoisotopic (exact) mass is 336 g/mol. The van der Waals surface area contributed by atoms with Crippen LogP contribution in [0.25, 0.3) is 0 Å². The number of benzene rings is 1. The molecule has 0 saturated carbocycles. The minimum absolute atomic E-state index is 0.00962. The SMILES string of the molecule is COC(=O)c1ncn(CN2CCOC(c3ccc(Cl)cc3)C2)n1. The summed E-state index contributed by atoms with van der Waals surface area (Å²) in [4.78, 5) is 17.5.